The van der Waals surface area contributed by atoms with E-state index in [4.69, 9.17) is 4.74 Å². The molecule has 1 atom stereocenters. The van der Waals surface area contributed by atoms with E-state index in [1.165, 1.54) is 19.8 Å². The lowest BCUT2D eigenvalue weighted by molar-refractivity contribution is -0.114. The molecular formula is C23H27N3O3. The average molecular weight is 393 g/mol. The normalized spacial score (nSPS) is 23.1. The van der Waals surface area contributed by atoms with E-state index in [1.54, 1.807) is 48.5 Å². The number of nitrogens with one attached hydrogen (secondary N) is 2. The van der Waals surface area contributed by atoms with E-state index in [-0.39, 0.29) is 17.9 Å². The third kappa shape index (κ3) is 5.15. The van der Waals surface area contributed by atoms with Gasteiger partial charge < -0.3 is 20.3 Å². The number of piperidine rings is 1. The van der Waals surface area contributed by atoms with Crippen molar-refractivity contribution in [2.24, 2.45) is 5.92 Å². The fourth-order valence-corrected chi connectivity index (χ4v) is 4.19. The topological polar surface area (TPSA) is 70.7 Å². The number of ether oxygens (including phenoxy) is 1. The Labute approximate surface area is 171 Å². The Morgan fingerprint density at radius 3 is 2.21 bits per heavy atom. The summed E-state index contributed by atoms with van der Waals surface area (Å²) in [6, 6.07) is 14.6. The Morgan fingerprint density at radius 2 is 1.59 bits per heavy atom. The molecule has 3 heterocycles. The first-order valence-electron chi connectivity index (χ1n) is 10.2. The van der Waals surface area contributed by atoms with Crippen molar-refractivity contribution in [3.05, 3.63) is 54.1 Å². The zero-order chi connectivity index (χ0) is 20.2. The maximum atomic E-state index is 12.6. The van der Waals surface area contributed by atoms with Crippen molar-refractivity contribution < 1.29 is 14.3 Å². The third-order valence-electron chi connectivity index (χ3n) is 5.67. The molecule has 2 N–H and O–H groups in total. The highest BCUT2D eigenvalue weighted by Crippen LogP contribution is 2.27. The lowest BCUT2D eigenvalue weighted by Gasteiger charge is -2.26. The summed E-state index contributed by atoms with van der Waals surface area (Å²) >= 11 is 0. The second kappa shape index (κ2) is 8.66. The SMILES string of the molecule is CC(=O)Nc1ccc(Oc2ccc(C(=O)NC3CC4CCN(CC4)C3)cc2)cc1. The first-order chi connectivity index (χ1) is 14.0. The van der Waals surface area contributed by atoms with Gasteiger partial charge in [-0.3, -0.25) is 9.59 Å². The number of amides is 2. The number of hydrogen-bond donors (Lipinski definition) is 2. The molecule has 29 heavy (non-hydrogen) atoms. The molecule has 0 aliphatic carbocycles. The Kier molecular flexibility index (Phi) is 5.81. The Morgan fingerprint density at radius 1 is 0.966 bits per heavy atom. The summed E-state index contributed by atoms with van der Waals surface area (Å²) in [5.74, 6) is 1.93. The summed E-state index contributed by atoms with van der Waals surface area (Å²) in [4.78, 5) is 26.2. The Hall–Kier alpha value is -2.86. The number of hydrogen-bond acceptors (Lipinski definition) is 4. The van der Waals surface area contributed by atoms with Gasteiger partial charge in [0.2, 0.25) is 5.91 Å². The van der Waals surface area contributed by atoms with Crippen LogP contribution in [0.15, 0.2) is 48.5 Å². The highest BCUT2D eigenvalue weighted by Gasteiger charge is 2.29. The third-order valence-corrected chi connectivity index (χ3v) is 5.67. The molecule has 152 valence electrons. The Bertz CT molecular complexity index is 842. The molecule has 2 bridgehead atoms. The number of rotatable bonds is 5. The van der Waals surface area contributed by atoms with E-state index in [0.717, 1.165) is 37.7 Å². The molecule has 5 rings (SSSR count). The van der Waals surface area contributed by atoms with Crippen molar-refractivity contribution in [3.8, 4) is 11.5 Å². The van der Waals surface area contributed by atoms with Crippen molar-refractivity contribution >= 4 is 17.5 Å². The Balaban J connectivity index is 1.33. The van der Waals surface area contributed by atoms with Crippen LogP contribution in [0.25, 0.3) is 0 Å². The van der Waals surface area contributed by atoms with Crippen molar-refractivity contribution in [1.29, 1.82) is 0 Å². The van der Waals surface area contributed by atoms with Gasteiger partial charge >= 0.3 is 0 Å². The lowest BCUT2D eigenvalue weighted by atomic mass is 9.94. The molecule has 3 aliphatic rings. The molecule has 3 fully saturated rings. The van der Waals surface area contributed by atoms with Gasteiger partial charge in [0, 0.05) is 30.8 Å². The van der Waals surface area contributed by atoms with Crippen LogP contribution in [0, 0.1) is 5.92 Å². The fourth-order valence-electron chi connectivity index (χ4n) is 4.19. The van der Waals surface area contributed by atoms with Crippen molar-refractivity contribution in [2.75, 3.05) is 25.0 Å². The van der Waals surface area contributed by atoms with Crippen molar-refractivity contribution in [3.63, 3.8) is 0 Å². The molecule has 2 aromatic carbocycles. The van der Waals surface area contributed by atoms with Crippen LogP contribution >= 0.6 is 0 Å². The van der Waals surface area contributed by atoms with E-state index >= 15 is 0 Å². The van der Waals surface area contributed by atoms with Crippen LogP contribution < -0.4 is 15.4 Å². The number of carbonyl (C=O) groups is 2. The summed E-state index contributed by atoms with van der Waals surface area (Å²) in [5.41, 5.74) is 1.37. The maximum Gasteiger partial charge on any atom is 0.251 e. The minimum absolute atomic E-state index is 0.0243. The van der Waals surface area contributed by atoms with Crippen LogP contribution in [0.2, 0.25) is 0 Å². The van der Waals surface area contributed by atoms with Gasteiger partial charge in [-0.2, -0.15) is 0 Å². The van der Waals surface area contributed by atoms with Gasteiger partial charge in [0.15, 0.2) is 0 Å². The maximum absolute atomic E-state index is 12.6. The summed E-state index contributed by atoms with van der Waals surface area (Å²) in [7, 11) is 0. The molecule has 0 radical (unpaired) electrons. The zero-order valence-corrected chi connectivity index (χ0v) is 16.7. The summed E-state index contributed by atoms with van der Waals surface area (Å²) in [5, 5.41) is 5.93. The summed E-state index contributed by atoms with van der Waals surface area (Å²) < 4.78 is 5.82. The summed E-state index contributed by atoms with van der Waals surface area (Å²) in [6.45, 7) is 4.75. The molecular weight excluding hydrogens is 366 g/mol. The fraction of sp³-hybridized carbons (Fsp3) is 0.391. The molecule has 2 amide bonds. The van der Waals surface area contributed by atoms with Gasteiger partial charge in [-0.25, -0.2) is 0 Å². The van der Waals surface area contributed by atoms with Crippen LogP contribution in [-0.2, 0) is 4.79 Å². The lowest BCUT2D eigenvalue weighted by Crippen LogP contribution is -2.41. The molecule has 6 nitrogen and oxygen atoms in total. The molecule has 1 unspecified atom stereocenters. The molecule has 0 spiro atoms. The van der Waals surface area contributed by atoms with E-state index in [9.17, 15) is 9.59 Å². The molecule has 3 saturated heterocycles. The number of nitrogens with zero attached hydrogens (tertiary/aromatic N) is 1. The van der Waals surface area contributed by atoms with Gasteiger partial charge in [-0.05, 0) is 86.8 Å². The number of benzene rings is 2. The van der Waals surface area contributed by atoms with Gasteiger partial charge in [-0.15, -0.1) is 0 Å². The van der Waals surface area contributed by atoms with E-state index in [1.807, 2.05) is 0 Å². The predicted octanol–water partition coefficient (Wildman–Crippen LogP) is 3.65. The van der Waals surface area contributed by atoms with E-state index in [0.29, 0.717) is 17.1 Å². The van der Waals surface area contributed by atoms with Crippen LogP contribution in [0.5, 0.6) is 11.5 Å². The van der Waals surface area contributed by atoms with Crippen LogP contribution in [-0.4, -0.2) is 42.4 Å². The van der Waals surface area contributed by atoms with Crippen LogP contribution in [0.4, 0.5) is 5.69 Å². The average Bonchev–Trinajstić information content (AvgIpc) is 3.02. The first kappa shape index (κ1) is 19.5. The minimum Gasteiger partial charge on any atom is -0.457 e. The molecule has 0 saturated carbocycles. The minimum atomic E-state index is -0.110. The van der Waals surface area contributed by atoms with Crippen molar-refractivity contribution in [2.45, 2.75) is 32.2 Å². The van der Waals surface area contributed by atoms with Gasteiger partial charge in [0.25, 0.3) is 5.91 Å². The largest absolute Gasteiger partial charge is 0.457 e. The van der Waals surface area contributed by atoms with E-state index < -0.39 is 0 Å². The zero-order valence-electron chi connectivity index (χ0n) is 16.7. The van der Waals surface area contributed by atoms with Crippen molar-refractivity contribution in [1.82, 2.24) is 10.2 Å². The second-order valence-corrected chi connectivity index (χ2v) is 7.98. The van der Waals surface area contributed by atoms with Gasteiger partial charge in [-0.1, -0.05) is 0 Å². The smallest absolute Gasteiger partial charge is 0.251 e. The quantitative estimate of drug-likeness (QED) is 0.813. The predicted molar refractivity (Wildman–Crippen MR) is 112 cm³/mol. The number of anilines is 1. The standard InChI is InChI=1S/C23H27N3O3/c1-16(27)24-19-4-8-22(9-5-19)29-21-6-2-18(3-7-21)23(28)25-20-14-17-10-12-26(15-20)13-11-17/h2-9,17,20H,10-15H2,1H3,(H,24,27)(H,25,28). The second-order valence-electron chi connectivity index (χ2n) is 7.98. The van der Waals surface area contributed by atoms with Crippen LogP contribution in [0.1, 0.15) is 36.5 Å². The highest BCUT2D eigenvalue weighted by atomic mass is 16.5. The number of fused-ring (bicyclic) bond motifs is 4. The molecule has 6 heteroatoms. The van der Waals surface area contributed by atoms with Gasteiger partial charge in [0.05, 0.1) is 0 Å². The van der Waals surface area contributed by atoms with E-state index in [2.05, 4.69) is 15.5 Å². The highest BCUT2D eigenvalue weighted by molar-refractivity contribution is 5.94. The summed E-state index contributed by atoms with van der Waals surface area (Å²) in [6.07, 6.45) is 3.59. The van der Waals surface area contributed by atoms with Gasteiger partial charge in [0.1, 0.15) is 11.5 Å². The molecule has 0 aromatic heterocycles. The first-order valence-corrected chi connectivity index (χ1v) is 10.2. The molecule has 3 aliphatic heterocycles. The molecule has 2 aromatic rings. The monoisotopic (exact) mass is 393 g/mol. The number of carbonyl (C=O) groups excluding carboxylic acids is 2. The van der Waals surface area contributed by atoms with Crippen LogP contribution in [0.3, 0.4) is 0 Å².